The van der Waals surface area contributed by atoms with E-state index in [2.05, 4.69) is 10.3 Å². The summed E-state index contributed by atoms with van der Waals surface area (Å²) in [6, 6.07) is 1.57. The van der Waals surface area contributed by atoms with Crippen molar-refractivity contribution < 1.29 is 25.2 Å². The van der Waals surface area contributed by atoms with Crippen molar-refractivity contribution in [1.29, 1.82) is 0 Å². The lowest BCUT2D eigenvalue weighted by Gasteiger charge is -2.30. The summed E-state index contributed by atoms with van der Waals surface area (Å²) >= 11 is 0. The fraction of sp³-hybridized carbons (Fsp3) is 0.583. The number of nitrogens with zero attached hydrogens (tertiary/aromatic N) is 2. The van der Waals surface area contributed by atoms with Gasteiger partial charge in [0, 0.05) is 18.3 Å². The Labute approximate surface area is 125 Å². The molecule has 0 radical (unpaired) electrons. The number of guanidine groups is 1. The fourth-order valence-electron chi connectivity index (χ4n) is 2.79. The van der Waals surface area contributed by atoms with Gasteiger partial charge >= 0.3 is 0 Å². The average molecular weight is 313 g/mol. The van der Waals surface area contributed by atoms with Gasteiger partial charge < -0.3 is 46.5 Å². The maximum atomic E-state index is 10.4. The molecule has 5 atom stereocenters. The Morgan fingerprint density at radius 1 is 1.41 bits per heavy atom. The highest BCUT2D eigenvalue weighted by molar-refractivity contribution is 5.94. The topological polar surface area (TPSA) is 172 Å². The lowest BCUT2D eigenvalue weighted by molar-refractivity contribution is -0.0518. The quantitative estimate of drug-likeness (QED) is 0.308. The van der Waals surface area contributed by atoms with E-state index in [1.807, 2.05) is 0 Å². The number of hydrogen-bond donors (Lipinski definition) is 7. The number of aliphatic imine (C=N–C) groups is 1. The molecule has 10 heteroatoms. The second-order valence-corrected chi connectivity index (χ2v) is 5.36. The van der Waals surface area contributed by atoms with Gasteiger partial charge in [-0.25, -0.2) is 4.99 Å². The number of hydrogen-bond acceptors (Lipinski definition) is 9. The van der Waals surface area contributed by atoms with Gasteiger partial charge in [-0.2, -0.15) is 0 Å². The van der Waals surface area contributed by atoms with Gasteiger partial charge in [-0.1, -0.05) is 0 Å². The first kappa shape index (κ1) is 15.2. The normalized spacial score (nSPS) is 37.6. The molecule has 1 unspecified atom stereocenters. The molecule has 1 saturated heterocycles. The first-order chi connectivity index (χ1) is 10.4. The van der Waals surface area contributed by atoms with E-state index in [1.165, 1.54) is 4.57 Å². The van der Waals surface area contributed by atoms with Crippen LogP contribution in [-0.2, 0) is 10.5 Å². The summed E-state index contributed by atoms with van der Waals surface area (Å²) in [5, 5.41) is 42.3. The second-order valence-electron chi connectivity index (χ2n) is 5.36. The van der Waals surface area contributed by atoms with Crippen molar-refractivity contribution in [3.63, 3.8) is 0 Å². The van der Waals surface area contributed by atoms with Crippen LogP contribution in [0, 0.1) is 0 Å². The van der Waals surface area contributed by atoms with Crippen LogP contribution in [0.15, 0.2) is 17.3 Å². The minimum Gasteiger partial charge on any atom is -0.394 e. The standard InChI is InChI=1S/C12H19N5O5/c13-4-12(21)5-1-2-17(9(5)15-11(14)16-12)10-8(20)7(19)6(3-18)22-10/h1-2,6-8,10,18-21H,3-4,13H2,(H3,14,15,16)/t6-,7-,8-,10-,12?/m1/s1. The Kier molecular flexibility index (Phi) is 3.59. The molecule has 1 aromatic heterocycles. The van der Waals surface area contributed by atoms with Crippen LogP contribution in [-0.4, -0.2) is 62.4 Å². The van der Waals surface area contributed by atoms with Gasteiger partial charge in [0.2, 0.25) is 5.72 Å². The molecule has 9 N–H and O–H groups in total. The van der Waals surface area contributed by atoms with Crippen LogP contribution < -0.4 is 16.8 Å². The molecule has 1 fully saturated rings. The third-order valence-electron chi connectivity index (χ3n) is 3.97. The highest BCUT2D eigenvalue weighted by atomic mass is 16.6. The molecule has 0 bridgehead atoms. The van der Waals surface area contributed by atoms with E-state index in [9.17, 15) is 15.3 Å². The van der Waals surface area contributed by atoms with Crippen LogP contribution in [0.2, 0.25) is 0 Å². The minimum absolute atomic E-state index is 0.0351. The monoisotopic (exact) mass is 313 g/mol. The smallest absolute Gasteiger partial charge is 0.202 e. The molecule has 0 spiro atoms. The number of fused-ring (bicyclic) bond motifs is 1. The molecule has 122 valence electrons. The largest absolute Gasteiger partial charge is 0.394 e. The summed E-state index contributed by atoms with van der Waals surface area (Å²) < 4.78 is 6.94. The zero-order valence-corrected chi connectivity index (χ0v) is 11.6. The first-order valence-corrected chi connectivity index (χ1v) is 6.80. The molecule has 10 nitrogen and oxygen atoms in total. The summed E-state index contributed by atoms with van der Waals surface area (Å²) in [6.45, 7) is -0.607. The van der Waals surface area contributed by atoms with Crippen LogP contribution in [0.1, 0.15) is 11.8 Å². The van der Waals surface area contributed by atoms with E-state index in [-0.39, 0.29) is 12.5 Å². The zero-order valence-electron chi connectivity index (χ0n) is 11.6. The summed E-state index contributed by atoms with van der Waals surface area (Å²) in [5.74, 6) is 0.322. The van der Waals surface area contributed by atoms with Crippen LogP contribution in [0.25, 0.3) is 0 Å². The number of aliphatic hydroxyl groups is 4. The molecule has 2 aliphatic heterocycles. The third-order valence-corrected chi connectivity index (χ3v) is 3.97. The summed E-state index contributed by atoms with van der Waals surface area (Å²) in [6.07, 6.45) is -2.78. The Balaban J connectivity index is 2.00. The maximum absolute atomic E-state index is 10.4. The van der Waals surface area contributed by atoms with Crippen molar-refractivity contribution in [2.24, 2.45) is 16.5 Å². The second kappa shape index (κ2) is 5.19. The Bertz CT molecular complexity index is 605. The van der Waals surface area contributed by atoms with Crippen LogP contribution >= 0.6 is 0 Å². The molecule has 22 heavy (non-hydrogen) atoms. The Morgan fingerprint density at radius 3 is 2.73 bits per heavy atom. The van der Waals surface area contributed by atoms with Crippen molar-refractivity contribution >= 4 is 11.8 Å². The Hall–Kier alpha value is -1.69. The fourth-order valence-corrected chi connectivity index (χ4v) is 2.79. The van der Waals surface area contributed by atoms with E-state index >= 15 is 0 Å². The number of aromatic nitrogens is 1. The SMILES string of the molecule is NCC1(O)N=C(N)Nc2c1ccn2[C@@H]1O[C@H](CO)[C@@H](O)[C@H]1O. The molecular weight excluding hydrogens is 294 g/mol. The van der Waals surface area contributed by atoms with E-state index in [1.54, 1.807) is 12.3 Å². The number of nitrogens with one attached hydrogen (secondary N) is 1. The van der Waals surface area contributed by atoms with Crippen molar-refractivity contribution in [3.05, 3.63) is 17.8 Å². The van der Waals surface area contributed by atoms with Gasteiger partial charge in [0.1, 0.15) is 24.1 Å². The first-order valence-electron chi connectivity index (χ1n) is 6.80. The van der Waals surface area contributed by atoms with Crippen molar-refractivity contribution in [2.45, 2.75) is 30.3 Å². The lowest BCUT2D eigenvalue weighted by Crippen LogP contribution is -2.42. The number of rotatable bonds is 3. The van der Waals surface area contributed by atoms with Gasteiger partial charge in [-0.3, -0.25) is 0 Å². The molecule has 0 amide bonds. The number of aliphatic hydroxyl groups excluding tert-OH is 3. The van der Waals surface area contributed by atoms with Gasteiger partial charge in [-0.05, 0) is 6.07 Å². The molecule has 2 aliphatic rings. The molecule has 0 aromatic carbocycles. The highest BCUT2D eigenvalue weighted by Gasteiger charge is 2.45. The highest BCUT2D eigenvalue weighted by Crippen LogP contribution is 2.38. The number of anilines is 1. The van der Waals surface area contributed by atoms with Crippen LogP contribution in [0.4, 0.5) is 5.82 Å². The Morgan fingerprint density at radius 2 is 2.14 bits per heavy atom. The van der Waals surface area contributed by atoms with Gasteiger partial charge in [0.25, 0.3) is 0 Å². The summed E-state index contributed by atoms with van der Waals surface area (Å²) in [4.78, 5) is 3.89. The predicted molar refractivity (Wildman–Crippen MR) is 75.6 cm³/mol. The minimum atomic E-state index is -1.67. The van der Waals surface area contributed by atoms with Crippen molar-refractivity contribution in [1.82, 2.24) is 4.57 Å². The van der Waals surface area contributed by atoms with E-state index in [0.29, 0.717) is 11.4 Å². The van der Waals surface area contributed by atoms with Crippen molar-refractivity contribution in [3.8, 4) is 0 Å². The predicted octanol–water partition coefficient (Wildman–Crippen LogP) is -3.06. The summed E-state index contributed by atoms with van der Waals surface area (Å²) in [7, 11) is 0. The molecule has 0 aliphatic carbocycles. The van der Waals surface area contributed by atoms with E-state index in [0.717, 1.165) is 0 Å². The maximum Gasteiger partial charge on any atom is 0.202 e. The van der Waals surface area contributed by atoms with Crippen molar-refractivity contribution in [2.75, 3.05) is 18.5 Å². The van der Waals surface area contributed by atoms with Gasteiger partial charge in [0.15, 0.2) is 12.2 Å². The van der Waals surface area contributed by atoms with E-state index in [4.69, 9.17) is 21.3 Å². The number of nitrogens with two attached hydrogens (primary N) is 2. The third kappa shape index (κ3) is 2.08. The molecule has 3 heterocycles. The average Bonchev–Trinajstić information content (AvgIpc) is 3.02. The summed E-state index contributed by atoms with van der Waals surface area (Å²) in [5.41, 5.74) is 9.93. The molecule has 1 aromatic rings. The lowest BCUT2D eigenvalue weighted by atomic mass is 10.1. The van der Waals surface area contributed by atoms with Crippen LogP contribution in [0.3, 0.4) is 0 Å². The molecule has 0 saturated carbocycles. The van der Waals surface area contributed by atoms with Crippen LogP contribution in [0.5, 0.6) is 0 Å². The molecular formula is C12H19N5O5. The van der Waals surface area contributed by atoms with Gasteiger partial charge in [0.05, 0.1) is 6.61 Å². The molecule has 3 rings (SSSR count). The van der Waals surface area contributed by atoms with E-state index < -0.39 is 36.9 Å². The van der Waals surface area contributed by atoms with Gasteiger partial charge in [-0.15, -0.1) is 0 Å². The number of ether oxygens (including phenoxy) is 1. The zero-order chi connectivity index (χ0) is 16.1.